The van der Waals surface area contributed by atoms with E-state index in [9.17, 15) is 9.36 Å². The quantitative estimate of drug-likeness (QED) is 0.172. The number of hydroxylamine groups is 1. The number of nitrogen functional groups attached to an aromatic ring is 1. The topological polar surface area (TPSA) is 173 Å². The van der Waals surface area contributed by atoms with Gasteiger partial charge in [0, 0.05) is 12.5 Å². The van der Waals surface area contributed by atoms with Crippen molar-refractivity contribution in [3.8, 4) is 0 Å². The molecule has 0 saturated carbocycles. The first-order valence-corrected chi connectivity index (χ1v) is 13.9. The minimum absolute atomic E-state index is 0.00216. The van der Waals surface area contributed by atoms with E-state index in [0.717, 1.165) is 13.0 Å². The van der Waals surface area contributed by atoms with Gasteiger partial charge in [-0.15, -0.1) is 0 Å². The number of hydrogen-bond donors (Lipinski definition) is 3. The van der Waals surface area contributed by atoms with E-state index in [-0.39, 0.29) is 24.5 Å². The van der Waals surface area contributed by atoms with Crippen molar-refractivity contribution in [2.75, 3.05) is 36.4 Å². The summed E-state index contributed by atoms with van der Waals surface area (Å²) < 4.78 is 25.1. The van der Waals surface area contributed by atoms with E-state index in [0.29, 0.717) is 29.1 Å². The Morgan fingerprint density at radius 2 is 2.05 bits per heavy atom. The van der Waals surface area contributed by atoms with E-state index in [1.165, 1.54) is 12.2 Å². The van der Waals surface area contributed by atoms with Gasteiger partial charge in [-0.2, -0.15) is 9.97 Å². The molecule has 0 bridgehead atoms. The number of benzene rings is 1. The summed E-state index contributed by atoms with van der Waals surface area (Å²) in [6.07, 6.45) is 7.15. The Morgan fingerprint density at radius 1 is 1.29 bits per heavy atom. The molecule has 2 heterocycles. The number of nitrogens with two attached hydrogens (primary N) is 2. The van der Waals surface area contributed by atoms with E-state index in [2.05, 4.69) is 27.2 Å². The van der Waals surface area contributed by atoms with Crippen molar-refractivity contribution in [1.29, 1.82) is 0 Å². The molecule has 3 aromatic rings. The summed E-state index contributed by atoms with van der Waals surface area (Å²) in [4.78, 5) is 31.1. The highest BCUT2D eigenvalue weighted by Crippen LogP contribution is 2.42. The van der Waals surface area contributed by atoms with Crippen LogP contribution in [-0.4, -0.2) is 51.8 Å². The monoisotopic (exact) mass is 544 g/mol. The van der Waals surface area contributed by atoms with Crippen molar-refractivity contribution < 1.29 is 23.2 Å². The van der Waals surface area contributed by atoms with Crippen LogP contribution in [0.25, 0.3) is 11.2 Å². The molecular formula is C24H33N8O5P. The van der Waals surface area contributed by atoms with Gasteiger partial charge >= 0.3 is 13.7 Å². The number of hydrogen-bond acceptors (Lipinski definition) is 11. The van der Waals surface area contributed by atoms with Crippen LogP contribution in [-0.2, 0) is 23.2 Å². The van der Waals surface area contributed by atoms with Gasteiger partial charge in [-0.3, -0.25) is 9.36 Å². The van der Waals surface area contributed by atoms with Gasteiger partial charge in [0.1, 0.15) is 0 Å². The maximum Gasteiger partial charge on any atom is 0.458 e. The first kappa shape index (κ1) is 27.5. The van der Waals surface area contributed by atoms with E-state index in [1.807, 2.05) is 22.8 Å². The second-order valence-corrected chi connectivity index (χ2v) is 10.4. The zero-order valence-corrected chi connectivity index (χ0v) is 22.5. The molecule has 0 spiro atoms. The van der Waals surface area contributed by atoms with Crippen LogP contribution in [0.4, 0.5) is 17.5 Å². The smallest absolute Gasteiger partial charge is 0.378 e. The van der Waals surface area contributed by atoms with Crippen molar-refractivity contribution in [1.82, 2.24) is 19.5 Å². The van der Waals surface area contributed by atoms with Gasteiger partial charge in [-0.25, -0.2) is 24.9 Å². The van der Waals surface area contributed by atoms with Crippen LogP contribution in [0.2, 0.25) is 0 Å². The number of fused-ring (bicyclic) bond motifs is 1. The van der Waals surface area contributed by atoms with Crippen LogP contribution in [0.3, 0.4) is 0 Å². The lowest BCUT2D eigenvalue weighted by Crippen LogP contribution is -2.39. The summed E-state index contributed by atoms with van der Waals surface area (Å²) in [5.41, 5.74) is 13.5. The van der Waals surface area contributed by atoms with Crippen molar-refractivity contribution in [2.45, 2.75) is 38.8 Å². The lowest BCUT2D eigenvalue weighted by molar-refractivity contribution is -0.138. The molecule has 0 radical (unpaired) electrons. The van der Waals surface area contributed by atoms with Crippen LogP contribution in [0.5, 0.6) is 0 Å². The molecule has 0 fully saturated rings. The Labute approximate surface area is 220 Å². The molecule has 14 heteroatoms. The van der Waals surface area contributed by atoms with Gasteiger partial charge in [-0.1, -0.05) is 37.3 Å². The zero-order chi connectivity index (χ0) is 27.3. The predicted octanol–water partition coefficient (Wildman–Crippen LogP) is 3.43. The number of aromatic nitrogens is 4. The van der Waals surface area contributed by atoms with Crippen LogP contribution in [0.15, 0.2) is 48.8 Å². The maximum absolute atomic E-state index is 12.8. The molecule has 1 aliphatic rings. The standard InChI is InChI=1S/C24H33N8O5P/c1-4-12-27-21-20-22(30-24(25)29-21)31(15-28-20)19-11-10-17(13-19)14-36-38(26,34)37-23(33)16(2)32(35-3)18-8-6-5-7-9-18/h5-11,15-17,19H,4,12-14H2,1-3H3,(H2,26,34)(H3,25,27,29,30)/t16-,17+,19-,38?/m0/s1. The van der Waals surface area contributed by atoms with Gasteiger partial charge in [-0.05, 0) is 31.9 Å². The summed E-state index contributed by atoms with van der Waals surface area (Å²) in [5, 5.41) is 4.56. The third kappa shape index (κ3) is 6.30. The fourth-order valence-corrected chi connectivity index (χ4v) is 5.07. The van der Waals surface area contributed by atoms with Gasteiger partial charge < -0.3 is 20.1 Å². The lowest BCUT2D eigenvalue weighted by Gasteiger charge is -2.27. The molecule has 4 rings (SSSR count). The number of rotatable bonds is 12. The minimum Gasteiger partial charge on any atom is -0.378 e. The molecule has 2 aromatic heterocycles. The highest BCUT2D eigenvalue weighted by atomic mass is 31.2. The Hall–Kier alpha value is -3.51. The molecule has 5 N–H and O–H groups in total. The number of allylic oxidation sites excluding steroid dienone is 1. The Kier molecular flexibility index (Phi) is 8.62. The summed E-state index contributed by atoms with van der Waals surface area (Å²) in [5.74, 6) is -0.216. The van der Waals surface area contributed by atoms with E-state index >= 15 is 0 Å². The Bertz CT molecular complexity index is 1330. The van der Waals surface area contributed by atoms with Crippen molar-refractivity contribution in [3.05, 3.63) is 48.8 Å². The number of imidazole rings is 1. The number of carbonyl (C=O) groups excluding carboxylic acids is 1. The minimum atomic E-state index is -4.17. The third-order valence-electron chi connectivity index (χ3n) is 6.07. The number of carbonyl (C=O) groups is 1. The van der Waals surface area contributed by atoms with Gasteiger partial charge in [0.05, 0.1) is 31.8 Å². The summed E-state index contributed by atoms with van der Waals surface area (Å²) in [6, 6.07) is 7.97. The second kappa shape index (κ2) is 11.9. The van der Waals surface area contributed by atoms with E-state index in [1.54, 1.807) is 37.5 Å². The molecule has 38 heavy (non-hydrogen) atoms. The molecule has 0 amide bonds. The van der Waals surface area contributed by atoms with Crippen LogP contribution < -0.4 is 21.6 Å². The van der Waals surface area contributed by atoms with Crippen molar-refractivity contribution >= 4 is 42.3 Å². The van der Waals surface area contributed by atoms with Crippen LogP contribution >= 0.6 is 7.75 Å². The van der Waals surface area contributed by atoms with E-state index < -0.39 is 19.8 Å². The average Bonchev–Trinajstić information content (AvgIpc) is 3.54. The van der Waals surface area contributed by atoms with E-state index in [4.69, 9.17) is 25.1 Å². The molecule has 1 unspecified atom stereocenters. The van der Waals surface area contributed by atoms with Gasteiger partial charge in [0.15, 0.2) is 23.0 Å². The highest BCUT2D eigenvalue weighted by Gasteiger charge is 2.32. The van der Waals surface area contributed by atoms with Crippen LogP contribution in [0, 0.1) is 5.92 Å². The largest absolute Gasteiger partial charge is 0.458 e. The molecule has 204 valence electrons. The van der Waals surface area contributed by atoms with Gasteiger partial charge in [0.2, 0.25) is 5.95 Å². The van der Waals surface area contributed by atoms with Crippen LogP contribution in [0.1, 0.15) is 32.7 Å². The number of para-hydroxylation sites is 1. The molecule has 4 atom stereocenters. The maximum atomic E-state index is 12.8. The highest BCUT2D eigenvalue weighted by molar-refractivity contribution is 7.51. The summed E-state index contributed by atoms with van der Waals surface area (Å²) in [7, 11) is -2.75. The first-order chi connectivity index (χ1) is 18.2. The molecule has 1 aliphatic carbocycles. The SMILES string of the molecule is CCCNc1nc(N)nc2c1ncn2[C@H]1C=C[C@@H](COP(N)(=O)OC(=O)[C@H](C)N(OC)c2ccccc2)C1. The second-order valence-electron chi connectivity index (χ2n) is 8.90. The normalized spacial score (nSPS) is 19.3. The van der Waals surface area contributed by atoms with Crippen molar-refractivity contribution in [2.24, 2.45) is 11.4 Å². The van der Waals surface area contributed by atoms with Gasteiger partial charge in [0.25, 0.3) is 0 Å². The summed E-state index contributed by atoms with van der Waals surface area (Å²) in [6.45, 7) is 4.35. The molecule has 0 aliphatic heterocycles. The average molecular weight is 545 g/mol. The first-order valence-electron chi connectivity index (χ1n) is 12.3. The number of anilines is 3. The molecule has 1 aromatic carbocycles. The predicted molar refractivity (Wildman–Crippen MR) is 144 cm³/mol. The lowest BCUT2D eigenvalue weighted by atomic mass is 10.1. The summed E-state index contributed by atoms with van der Waals surface area (Å²) >= 11 is 0. The number of nitrogens with one attached hydrogen (secondary N) is 1. The molecule has 0 saturated heterocycles. The van der Waals surface area contributed by atoms with Crippen molar-refractivity contribution in [3.63, 3.8) is 0 Å². The molecule has 13 nitrogen and oxygen atoms in total. The Morgan fingerprint density at radius 3 is 2.76 bits per heavy atom. The third-order valence-corrected chi connectivity index (χ3v) is 7.02. The fourth-order valence-electron chi connectivity index (χ4n) is 4.21. The fraction of sp³-hybridized carbons (Fsp3) is 0.417. The zero-order valence-electron chi connectivity index (χ0n) is 21.6. The number of nitrogens with zero attached hydrogens (tertiary/aromatic N) is 5. The molecular weight excluding hydrogens is 511 g/mol. The Balaban J connectivity index is 1.35.